The first-order valence-corrected chi connectivity index (χ1v) is 6.55. The van der Waals surface area contributed by atoms with Gasteiger partial charge in [0.15, 0.2) is 0 Å². The maximum atomic E-state index is 12.8. The van der Waals surface area contributed by atoms with Crippen LogP contribution < -0.4 is 15.2 Å². The van der Waals surface area contributed by atoms with Gasteiger partial charge in [-0.2, -0.15) is 0 Å². The van der Waals surface area contributed by atoms with Crippen molar-refractivity contribution in [3.8, 4) is 11.5 Å². The smallest absolute Gasteiger partial charge is 0.125 e. The highest BCUT2D eigenvalue weighted by molar-refractivity contribution is 5.38. The summed E-state index contributed by atoms with van der Waals surface area (Å²) >= 11 is 0. The lowest BCUT2D eigenvalue weighted by Crippen LogP contribution is -2.15. The molecule has 2 aromatic carbocycles. The number of rotatable bonds is 6. The molecule has 2 aromatic rings. The van der Waals surface area contributed by atoms with Gasteiger partial charge in [0.05, 0.1) is 19.8 Å². The molecule has 0 fully saturated rings. The molecule has 21 heavy (non-hydrogen) atoms. The molecule has 0 saturated carbocycles. The number of aliphatic hydroxyl groups excluding tert-OH is 1. The van der Waals surface area contributed by atoms with Gasteiger partial charge in [-0.05, 0) is 42.0 Å². The third-order valence-electron chi connectivity index (χ3n) is 3.14. The zero-order valence-electron chi connectivity index (χ0n) is 11.8. The molecule has 0 aromatic heterocycles. The van der Waals surface area contributed by atoms with Crippen LogP contribution in [0.2, 0.25) is 0 Å². The van der Waals surface area contributed by atoms with E-state index in [9.17, 15) is 4.39 Å². The predicted octanol–water partition coefficient (Wildman–Crippen LogP) is 2.41. The lowest BCUT2D eigenvalue weighted by atomic mass is 10.0. The summed E-state index contributed by atoms with van der Waals surface area (Å²) in [7, 11) is 1.57. The number of ether oxygens (including phenoxy) is 2. The molecule has 0 aliphatic carbocycles. The van der Waals surface area contributed by atoms with Crippen LogP contribution in [-0.4, -0.2) is 18.8 Å². The van der Waals surface area contributed by atoms with Crippen LogP contribution in [-0.2, 0) is 6.61 Å². The Labute approximate surface area is 122 Å². The van der Waals surface area contributed by atoms with Gasteiger partial charge in [-0.15, -0.1) is 0 Å². The summed E-state index contributed by atoms with van der Waals surface area (Å²) in [6.07, 6.45) is 0. The molecule has 0 saturated heterocycles. The van der Waals surface area contributed by atoms with E-state index in [1.165, 1.54) is 12.1 Å². The minimum atomic E-state index is -0.444. The van der Waals surface area contributed by atoms with E-state index >= 15 is 0 Å². The average Bonchev–Trinajstić information content (AvgIpc) is 2.53. The van der Waals surface area contributed by atoms with E-state index in [-0.39, 0.29) is 19.0 Å². The van der Waals surface area contributed by atoms with E-state index < -0.39 is 6.04 Å². The molecular formula is C16H18FNO3. The molecule has 112 valence electrons. The fourth-order valence-corrected chi connectivity index (χ4v) is 1.94. The molecule has 5 heteroatoms. The molecule has 4 nitrogen and oxygen atoms in total. The number of aliphatic hydroxyl groups is 1. The molecule has 3 N–H and O–H groups in total. The van der Waals surface area contributed by atoms with E-state index in [0.29, 0.717) is 11.5 Å². The van der Waals surface area contributed by atoms with Gasteiger partial charge in [0.25, 0.3) is 0 Å². The van der Waals surface area contributed by atoms with Gasteiger partial charge in [-0.1, -0.05) is 6.07 Å². The van der Waals surface area contributed by atoms with Crippen molar-refractivity contribution in [2.45, 2.75) is 12.6 Å². The molecule has 1 atom stereocenters. The minimum Gasteiger partial charge on any atom is -0.496 e. The second kappa shape index (κ2) is 7.06. The summed E-state index contributed by atoms with van der Waals surface area (Å²) in [6, 6.07) is 10.8. The first kappa shape index (κ1) is 15.3. The van der Waals surface area contributed by atoms with Crippen molar-refractivity contribution >= 4 is 0 Å². The highest BCUT2D eigenvalue weighted by atomic mass is 19.1. The minimum absolute atomic E-state index is 0.134. The molecule has 2 rings (SSSR count). The van der Waals surface area contributed by atoms with Gasteiger partial charge in [-0.25, -0.2) is 4.39 Å². The maximum Gasteiger partial charge on any atom is 0.125 e. The Morgan fingerprint density at radius 2 is 1.90 bits per heavy atom. The van der Waals surface area contributed by atoms with Gasteiger partial charge in [0, 0.05) is 5.56 Å². The molecule has 0 unspecified atom stereocenters. The van der Waals surface area contributed by atoms with Crippen LogP contribution in [0, 0.1) is 5.82 Å². The number of nitrogens with two attached hydrogens (primary N) is 1. The standard InChI is InChI=1S/C16H18FNO3/c1-20-16-7-2-11(15(18)9-19)8-12(16)10-21-14-5-3-13(17)4-6-14/h2-8,15,19H,9-10,18H2,1H3/t15-/m1/s1. The fourth-order valence-electron chi connectivity index (χ4n) is 1.94. The van der Waals surface area contributed by atoms with Gasteiger partial charge in [-0.3, -0.25) is 0 Å². The van der Waals surface area contributed by atoms with E-state index in [4.69, 9.17) is 20.3 Å². The Kier molecular flexibility index (Phi) is 5.14. The van der Waals surface area contributed by atoms with E-state index in [0.717, 1.165) is 11.1 Å². The Bertz CT molecular complexity index is 587. The lowest BCUT2D eigenvalue weighted by Gasteiger charge is -2.14. The Morgan fingerprint density at radius 1 is 1.19 bits per heavy atom. The molecule has 0 aliphatic rings. The molecule has 0 spiro atoms. The number of hydrogen-bond acceptors (Lipinski definition) is 4. The summed E-state index contributed by atoms with van der Waals surface area (Å²) < 4.78 is 23.7. The van der Waals surface area contributed by atoms with Crippen LogP contribution >= 0.6 is 0 Å². The van der Waals surface area contributed by atoms with Crippen molar-refractivity contribution < 1.29 is 19.0 Å². The summed E-state index contributed by atoms with van der Waals surface area (Å²) in [6.45, 7) is 0.130. The van der Waals surface area contributed by atoms with Crippen molar-refractivity contribution in [3.05, 3.63) is 59.4 Å². The number of halogens is 1. The van der Waals surface area contributed by atoms with E-state index in [2.05, 4.69) is 0 Å². The highest BCUT2D eigenvalue weighted by Crippen LogP contribution is 2.24. The second-order valence-corrected chi connectivity index (χ2v) is 4.60. The highest BCUT2D eigenvalue weighted by Gasteiger charge is 2.10. The topological polar surface area (TPSA) is 64.7 Å². The molecule has 0 radical (unpaired) electrons. The quantitative estimate of drug-likeness (QED) is 0.858. The first-order chi connectivity index (χ1) is 10.1. The number of methoxy groups -OCH3 is 1. The average molecular weight is 291 g/mol. The Hall–Kier alpha value is -2.11. The van der Waals surface area contributed by atoms with Crippen LogP contribution in [0.5, 0.6) is 11.5 Å². The predicted molar refractivity (Wildman–Crippen MR) is 77.7 cm³/mol. The fraction of sp³-hybridized carbons (Fsp3) is 0.250. The van der Waals surface area contributed by atoms with E-state index in [1.807, 2.05) is 6.07 Å². The van der Waals surface area contributed by atoms with Crippen molar-refractivity contribution in [2.75, 3.05) is 13.7 Å². The van der Waals surface area contributed by atoms with Crippen LogP contribution in [0.15, 0.2) is 42.5 Å². The second-order valence-electron chi connectivity index (χ2n) is 4.60. The molecule has 0 heterocycles. The first-order valence-electron chi connectivity index (χ1n) is 6.55. The Morgan fingerprint density at radius 3 is 2.52 bits per heavy atom. The van der Waals surface area contributed by atoms with Gasteiger partial charge in [0.2, 0.25) is 0 Å². The van der Waals surface area contributed by atoms with Crippen molar-refractivity contribution in [3.63, 3.8) is 0 Å². The van der Waals surface area contributed by atoms with Gasteiger partial charge >= 0.3 is 0 Å². The lowest BCUT2D eigenvalue weighted by molar-refractivity contribution is 0.267. The molecular weight excluding hydrogens is 273 g/mol. The van der Waals surface area contributed by atoms with Gasteiger partial charge < -0.3 is 20.3 Å². The largest absolute Gasteiger partial charge is 0.496 e. The van der Waals surface area contributed by atoms with Crippen LogP contribution in [0.25, 0.3) is 0 Å². The van der Waals surface area contributed by atoms with Crippen molar-refractivity contribution in [1.82, 2.24) is 0 Å². The Balaban J connectivity index is 2.15. The van der Waals surface area contributed by atoms with Crippen molar-refractivity contribution in [1.29, 1.82) is 0 Å². The van der Waals surface area contributed by atoms with Crippen molar-refractivity contribution in [2.24, 2.45) is 5.73 Å². The number of benzene rings is 2. The monoisotopic (exact) mass is 291 g/mol. The molecule has 0 bridgehead atoms. The SMILES string of the molecule is COc1ccc([C@H](N)CO)cc1COc1ccc(F)cc1. The number of hydrogen-bond donors (Lipinski definition) is 2. The molecule has 0 amide bonds. The summed E-state index contributed by atoms with van der Waals surface area (Å²) in [5.74, 6) is 0.928. The summed E-state index contributed by atoms with van der Waals surface area (Å²) in [5, 5.41) is 9.12. The van der Waals surface area contributed by atoms with Crippen LogP contribution in [0.4, 0.5) is 4.39 Å². The van der Waals surface area contributed by atoms with Crippen LogP contribution in [0.1, 0.15) is 17.2 Å². The normalized spacial score (nSPS) is 12.0. The zero-order valence-corrected chi connectivity index (χ0v) is 11.8. The third kappa shape index (κ3) is 3.93. The summed E-state index contributed by atoms with van der Waals surface area (Å²) in [5.41, 5.74) is 7.42. The van der Waals surface area contributed by atoms with E-state index in [1.54, 1.807) is 31.4 Å². The summed E-state index contributed by atoms with van der Waals surface area (Å²) in [4.78, 5) is 0. The third-order valence-corrected chi connectivity index (χ3v) is 3.14. The maximum absolute atomic E-state index is 12.8. The van der Waals surface area contributed by atoms with Gasteiger partial charge in [0.1, 0.15) is 23.9 Å². The van der Waals surface area contributed by atoms with Crippen LogP contribution in [0.3, 0.4) is 0 Å². The molecule has 0 aliphatic heterocycles. The zero-order chi connectivity index (χ0) is 15.2.